The number of amides is 1. The number of H-pyrrole nitrogens is 1. The van der Waals surface area contributed by atoms with E-state index in [-0.39, 0.29) is 11.8 Å². The van der Waals surface area contributed by atoms with E-state index in [0.29, 0.717) is 11.2 Å². The minimum absolute atomic E-state index is 0.195. The summed E-state index contributed by atoms with van der Waals surface area (Å²) in [4.78, 5) is 14.6. The third-order valence-electron chi connectivity index (χ3n) is 4.72. The molecular weight excluding hydrogens is 320 g/mol. The second kappa shape index (κ2) is 7.30. The number of carbonyl (C=O) groups excluding carboxylic acids is 1. The van der Waals surface area contributed by atoms with E-state index in [0.717, 1.165) is 43.9 Å². The summed E-state index contributed by atoms with van der Waals surface area (Å²) in [5.74, 6) is 1.43. The number of rotatable bonds is 4. The van der Waals surface area contributed by atoms with Crippen molar-refractivity contribution in [2.75, 3.05) is 13.1 Å². The van der Waals surface area contributed by atoms with Crippen LogP contribution in [0.3, 0.4) is 0 Å². The molecule has 1 saturated heterocycles. The maximum atomic E-state index is 12.7. The van der Waals surface area contributed by atoms with Crippen molar-refractivity contribution in [1.29, 1.82) is 0 Å². The number of aryl methyl sites for hydroxylation is 1. The Kier molecular flexibility index (Phi) is 5.14. The van der Waals surface area contributed by atoms with Crippen LogP contribution >= 0.6 is 12.2 Å². The van der Waals surface area contributed by atoms with Gasteiger partial charge in [0.2, 0.25) is 5.91 Å². The van der Waals surface area contributed by atoms with Crippen LogP contribution in [0.15, 0.2) is 24.3 Å². The van der Waals surface area contributed by atoms with Gasteiger partial charge in [0, 0.05) is 25.6 Å². The Morgan fingerprint density at radius 3 is 2.83 bits per heavy atom. The highest BCUT2D eigenvalue weighted by atomic mass is 32.1. The number of nitrogens with one attached hydrogen (secondary N) is 1. The summed E-state index contributed by atoms with van der Waals surface area (Å²) < 4.78 is 2.70. The van der Waals surface area contributed by atoms with E-state index >= 15 is 0 Å². The smallest absolute Gasteiger partial charge is 0.227 e. The zero-order valence-corrected chi connectivity index (χ0v) is 15.1. The van der Waals surface area contributed by atoms with Crippen LogP contribution in [0.1, 0.15) is 42.6 Å². The first-order valence-electron chi connectivity index (χ1n) is 8.57. The molecule has 1 aliphatic rings. The Morgan fingerprint density at radius 1 is 1.38 bits per heavy atom. The van der Waals surface area contributed by atoms with Gasteiger partial charge >= 0.3 is 0 Å². The van der Waals surface area contributed by atoms with Crippen molar-refractivity contribution in [1.82, 2.24) is 19.7 Å². The number of piperidine rings is 1. The van der Waals surface area contributed by atoms with Crippen LogP contribution in [0.5, 0.6) is 0 Å². The Hall–Kier alpha value is -1.95. The first-order valence-corrected chi connectivity index (χ1v) is 8.97. The van der Waals surface area contributed by atoms with E-state index in [4.69, 9.17) is 12.2 Å². The van der Waals surface area contributed by atoms with Gasteiger partial charge in [0.25, 0.3) is 0 Å². The normalized spacial score (nSPS) is 17.9. The average molecular weight is 344 g/mol. The monoisotopic (exact) mass is 344 g/mol. The van der Waals surface area contributed by atoms with Gasteiger partial charge in [-0.25, -0.2) is 0 Å². The quantitative estimate of drug-likeness (QED) is 0.867. The molecule has 0 unspecified atom stereocenters. The summed E-state index contributed by atoms with van der Waals surface area (Å²) in [7, 11) is 0. The number of likely N-dealkylation sites (tertiary alicyclic amines) is 1. The van der Waals surface area contributed by atoms with Crippen LogP contribution in [0.4, 0.5) is 0 Å². The minimum atomic E-state index is 0.195. The molecule has 1 aromatic heterocycles. The number of nitrogens with zero attached hydrogens (tertiary/aromatic N) is 3. The van der Waals surface area contributed by atoms with Gasteiger partial charge in [-0.2, -0.15) is 5.10 Å². The predicted octanol–water partition coefficient (Wildman–Crippen LogP) is 3.22. The number of hydrogen-bond donors (Lipinski definition) is 1. The van der Waals surface area contributed by atoms with Gasteiger partial charge in [-0.15, -0.1) is 0 Å². The van der Waals surface area contributed by atoms with Gasteiger partial charge in [-0.05, 0) is 44.5 Å². The number of benzene rings is 1. The molecule has 5 nitrogen and oxygen atoms in total. The zero-order chi connectivity index (χ0) is 17.1. The topological polar surface area (TPSA) is 53.9 Å². The Labute approximate surface area is 147 Å². The fourth-order valence-corrected chi connectivity index (χ4v) is 3.62. The molecule has 3 rings (SSSR count). The number of hydrogen-bond acceptors (Lipinski definition) is 3. The summed E-state index contributed by atoms with van der Waals surface area (Å²) >= 11 is 5.28. The van der Waals surface area contributed by atoms with Crippen LogP contribution in [0.2, 0.25) is 0 Å². The molecule has 2 heterocycles. The Bertz CT molecular complexity index is 762. The number of aromatic nitrogens is 3. The van der Waals surface area contributed by atoms with E-state index in [1.54, 1.807) is 0 Å². The van der Waals surface area contributed by atoms with Crippen molar-refractivity contribution in [3.8, 4) is 0 Å². The average Bonchev–Trinajstić information content (AvgIpc) is 2.97. The van der Waals surface area contributed by atoms with Gasteiger partial charge < -0.3 is 9.47 Å². The van der Waals surface area contributed by atoms with Crippen LogP contribution < -0.4 is 0 Å². The number of aromatic amines is 1. The van der Waals surface area contributed by atoms with Gasteiger partial charge in [0.15, 0.2) is 4.77 Å². The second-order valence-electron chi connectivity index (χ2n) is 6.47. The first kappa shape index (κ1) is 16.9. The Morgan fingerprint density at radius 2 is 2.12 bits per heavy atom. The largest absolute Gasteiger partial charge is 0.342 e. The maximum Gasteiger partial charge on any atom is 0.227 e. The molecule has 1 fully saturated rings. The van der Waals surface area contributed by atoms with E-state index in [1.165, 1.54) is 5.56 Å². The van der Waals surface area contributed by atoms with Gasteiger partial charge in [-0.1, -0.05) is 29.8 Å². The molecule has 1 aliphatic heterocycles. The summed E-state index contributed by atoms with van der Waals surface area (Å²) in [5.41, 5.74) is 2.29. The third kappa shape index (κ3) is 3.59. The molecule has 0 spiro atoms. The molecule has 1 amide bonds. The van der Waals surface area contributed by atoms with Gasteiger partial charge in [0.05, 0.1) is 6.42 Å². The Balaban J connectivity index is 1.69. The molecule has 1 aromatic carbocycles. The molecule has 0 bridgehead atoms. The van der Waals surface area contributed by atoms with Crippen LogP contribution in [0, 0.1) is 11.7 Å². The van der Waals surface area contributed by atoms with Crippen molar-refractivity contribution in [2.45, 2.75) is 45.6 Å². The standard InChI is InChI=1S/C18H24N4OS/c1-3-22-17(19-20-18(22)24)15-5-4-10-21(12-15)16(23)11-14-8-6-13(2)7-9-14/h6-9,15H,3-5,10-12H2,1-2H3,(H,20,24)/t15-/m0/s1. The summed E-state index contributed by atoms with van der Waals surface area (Å²) in [5, 5.41) is 7.29. The van der Waals surface area contributed by atoms with E-state index in [2.05, 4.69) is 36.2 Å². The molecule has 0 saturated carbocycles. The fourth-order valence-electron chi connectivity index (χ4n) is 3.35. The second-order valence-corrected chi connectivity index (χ2v) is 6.86. The molecule has 0 aliphatic carbocycles. The lowest BCUT2D eigenvalue weighted by molar-refractivity contribution is -0.131. The molecule has 1 N–H and O–H groups in total. The lowest BCUT2D eigenvalue weighted by Crippen LogP contribution is -2.40. The van der Waals surface area contributed by atoms with Crippen LogP contribution in [0.25, 0.3) is 0 Å². The molecular formula is C18H24N4OS. The van der Waals surface area contributed by atoms with E-state index in [9.17, 15) is 4.79 Å². The maximum absolute atomic E-state index is 12.7. The van der Waals surface area contributed by atoms with E-state index < -0.39 is 0 Å². The molecule has 2 aromatic rings. The molecule has 128 valence electrons. The fraction of sp³-hybridized carbons (Fsp3) is 0.500. The molecule has 1 atom stereocenters. The first-order chi connectivity index (χ1) is 11.6. The van der Waals surface area contributed by atoms with Gasteiger partial charge in [-0.3, -0.25) is 9.89 Å². The van der Waals surface area contributed by atoms with E-state index in [1.807, 2.05) is 21.6 Å². The molecule has 24 heavy (non-hydrogen) atoms. The van der Waals surface area contributed by atoms with Crippen molar-refractivity contribution in [3.63, 3.8) is 0 Å². The minimum Gasteiger partial charge on any atom is -0.342 e. The third-order valence-corrected chi connectivity index (χ3v) is 5.03. The molecule has 6 heteroatoms. The molecule has 0 radical (unpaired) electrons. The highest BCUT2D eigenvalue weighted by molar-refractivity contribution is 7.71. The highest BCUT2D eigenvalue weighted by Crippen LogP contribution is 2.26. The van der Waals surface area contributed by atoms with Crippen molar-refractivity contribution < 1.29 is 4.79 Å². The van der Waals surface area contributed by atoms with Gasteiger partial charge in [0.1, 0.15) is 5.82 Å². The number of carbonyl (C=O) groups is 1. The van der Waals surface area contributed by atoms with Crippen LogP contribution in [-0.4, -0.2) is 38.7 Å². The lowest BCUT2D eigenvalue weighted by Gasteiger charge is -2.32. The van der Waals surface area contributed by atoms with Crippen molar-refractivity contribution in [2.24, 2.45) is 0 Å². The summed E-state index contributed by atoms with van der Waals surface area (Å²) in [6.07, 6.45) is 2.52. The summed E-state index contributed by atoms with van der Waals surface area (Å²) in [6, 6.07) is 8.19. The summed E-state index contributed by atoms with van der Waals surface area (Å²) in [6.45, 7) is 6.49. The zero-order valence-electron chi connectivity index (χ0n) is 14.3. The SMILES string of the molecule is CCn1c([C@H]2CCCN(C(=O)Cc3ccc(C)cc3)C2)n[nH]c1=S. The lowest BCUT2D eigenvalue weighted by atomic mass is 9.96. The highest BCUT2D eigenvalue weighted by Gasteiger charge is 2.27. The van der Waals surface area contributed by atoms with Crippen molar-refractivity contribution in [3.05, 3.63) is 46.0 Å². The predicted molar refractivity (Wildman–Crippen MR) is 96.5 cm³/mol. The van der Waals surface area contributed by atoms with Crippen molar-refractivity contribution >= 4 is 18.1 Å². The van der Waals surface area contributed by atoms with Crippen LogP contribution in [-0.2, 0) is 17.8 Å².